The highest BCUT2D eigenvalue weighted by Crippen LogP contribution is 2.50. The van der Waals surface area contributed by atoms with Gasteiger partial charge >= 0.3 is 0 Å². The molecular weight excluding hydrogens is 486 g/mol. The van der Waals surface area contributed by atoms with Crippen LogP contribution in [0.15, 0.2) is 104 Å². The average Bonchev–Trinajstić information content (AvgIpc) is 3.30. The lowest BCUT2D eigenvalue weighted by molar-refractivity contribution is 0.414. The molecule has 2 atom stereocenters. The fourth-order valence-electron chi connectivity index (χ4n) is 5.82. The van der Waals surface area contributed by atoms with E-state index < -0.39 is 0 Å². The summed E-state index contributed by atoms with van der Waals surface area (Å²) in [6, 6.07) is 32.6. The van der Waals surface area contributed by atoms with E-state index in [4.69, 9.17) is 4.98 Å². The van der Waals surface area contributed by atoms with E-state index in [0.717, 1.165) is 36.5 Å². The van der Waals surface area contributed by atoms with E-state index in [2.05, 4.69) is 149 Å². The van der Waals surface area contributed by atoms with Gasteiger partial charge in [0, 0.05) is 16.9 Å². The standard InChI is InChI=1S/C33H37N3.C2H6.C2H4/c1-6-23-33(5,7-2)28-19-13-14-20-30(28)36-25(4)35(26-16-9-8-10-17-26)31-22-21-29(34-32(31)36)27-18-12-11-15-24(27)3;2*1-2/h8-22,25H,6-7,23H2,1-5H3;1-2H3;1-2H2. The van der Waals surface area contributed by atoms with Gasteiger partial charge in [-0.25, -0.2) is 4.98 Å². The summed E-state index contributed by atoms with van der Waals surface area (Å²) >= 11 is 0. The number of aromatic nitrogens is 1. The van der Waals surface area contributed by atoms with Crippen molar-refractivity contribution in [2.45, 2.75) is 79.3 Å². The van der Waals surface area contributed by atoms with Crippen LogP contribution in [-0.2, 0) is 5.41 Å². The predicted molar refractivity (Wildman–Crippen MR) is 176 cm³/mol. The maximum Gasteiger partial charge on any atom is 0.159 e. The lowest BCUT2D eigenvalue weighted by Gasteiger charge is -2.36. The van der Waals surface area contributed by atoms with Gasteiger partial charge in [0.1, 0.15) is 6.17 Å². The highest BCUT2D eigenvalue weighted by Gasteiger charge is 2.39. The normalized spacial score (nSPS) is 15.2. The molecule has 2 heterocycles. The molecule has 0 spiro atoms. The monoisotopic (exact) mass is 533 g/mol. The van der Waals surface area contributed by atoms with Gasteiger partial charge in [-0.15, -0.1) is 13.2 Å². The van der Waals surface area contributed by atoms with Crippen molar-refractivity contribution in [2.75, 3.05) is 9.80 Å². The summed E-state index contributed by atoms with van der Waals surface area (Å²) in [4.78, 5) is 10.2. The van der Waals surface area contributed by atoms with E-state index in [-0.39, 0.29) is 11.6 Å². The van der Waals surface area contributed by atoms with Gasteiger partial charge < -0.3 is 9.80 Å². The third-order valence-corrected chi connectivity index (χ3v) is 7.94. The zero-order valence-corrected chi connectivity index (χ0v) is 25.6. The van der Waals surface area contributed by atoms with E-state index in [9.17, 15) is 0 Å². The van der Waals surface area contributed by atoms with E-state index in [1.165, 1.54) is 28.1 Å². The number of anilines is 4. The zero-order valence-electron chi connectivity index (χ0n) is 25.6. The number of nitrogens with zero attached hydrogens (tertiary/aromatic N) is 3. The van der Waals surface area contributed by atoms with Crippen molar-refractivity contribution in [3.8, 4) is 11.3 Å². The van der Waals surface area contributed by atoms with Crippen LogP contribution in [0.4, 0.5) is 22.9 Å². The molecule has 3 nitrogen and oxygen atoms in total. The number of benzene rings is 3. The summed E-state index contributed by atoms with van der Waals surface area (Å²) in [5.74, 6) is 1.02. The molecule has 3 aromatic carbocycles. The van der Waals surface area contributed by atoms with Gasteiger partial charge in [-0.1, -0.05) is 102 Å². The second-order valence-electron chi connectivity index (χ2n) is 10.2. The molecule has 3 heteroatoms. The third-order valence-electron chi connectivity index (χ3n) is 7.94. The summed E-state index contributed by atoms with van der Waals surface area (Å²) in [7, 11) is 0. The van der Waals surface area contributed by atoms with Crippen molar-refractivity contribution in [3.05, 3.63) is 115 Å². The minimum atomic E-state index is 0.0888. The Bertz CT molecular complexity index is 1360. The first kappa shape index (κ1) is 30.7. The molecule has 1 aliphatic heterocycles. The molecule has 210 valence electrons. The second-order valence-corrected chi connectivity index (χ2v) is 10.2. The van der Waals surface area contributed by atoms with Crippen LogP contribution in [-0.4, -0.2) is 11.1 Å². The van der Waals surface area contributed by atoms with Gasteiger partial charge in [-0.3, -0.25) is 0 Å². The quantitative estimate of drug-likeness (QED) is 0.220. The summed E-state index contributed by atoms with van der Waals surface area (Å²) in [5.41, 5.74) is 8.55. The average molecular weight is 534 g/mol. The summed E-state index contributed by atoms with van der Waals surface area (Å²) in [6.07, 6.45) is 3.52. The van der Waals surface area contributed by atoms with Gasteiger partial charge in [0.05, 0.1) is 11.4 Å². The number of aryl methyl sites for hydroxylation is 1. The Morgan fingerprint density at radius 1 is 0.775 bits per heavy atom. The molecule has 0 fully saturated rings. The molecule has 0 saturated heterocycles. The number of pyridine rings is 1. The summed E-state index contributed by atoms with van der Waals surface area (Å²) < 4.78 is 0. The van der Waals surface area contributed by atoms with E-state index in [0.29, 0.717) is 0 Å². The van der Waals surface area contributed by atoms with E-state index in [1.54, 1.807) is 0 Å². The minimum absolute atomic E-state index is 0.0888. The van der Waals surface area contributed by atoms with Gasteiger partial charge in [-0.05, 0) is 73.6 Å². The fraction of sp³-hybridized carbons (Fsp3) is 0.324. The highest BCUT2D eigenvalue weighted by atomic mass is 15.4. The topological polar surface area (TPSA) is 19.4 Å². The Balaban J connectivity index is 0.00000106. The Morgan fingerprint density at radius 2 is 1.40 bits per heavy atom. The van der Waals surface area contributed by atoms with Crippen LogP contribution in [0.2, 0.25) is 0 Å². The van der Waals surface area contributed by atoms with Crippen molar-refractivity contribution < 1.29 is 0 Å². The zero-order chi connectivity index (χ0) is 29.3. The van der Waals surface area contributed by atoms with Crippen molar-refractivity contribution in [3.63, 3.8) is 0 Å². The minimum Gasteiger partial charge on any atom is -0.317 e. The number of rotatable bonds is 7. The van der Waals surface area contributed by atoms with Gasteiger partial charge in [0.15, 0.2) is 5.82 Å². The van der Waals surface area contributed by atoms with Crippen LogP contribution in [0.25, 0.3) is 11.3 Å². The Morgan fingerprint density at radius 3 is 2.05 bits per heavy atom. The van der Waals surface area contributed by atoms with Gasteiger partial charge in [0.25, 0.3) is 0 Å². The molecule has 4 aromatic rings. The van der Waals surface area contributed by atoms with Crippen LogP contribution >= 0.6 is 0 Å². The second kappa shape index (κ2) is 14.0. The number of para-hydroxylation sites is 2. The van der Waals surface area contributed by atoms with Gasteiger partial charge in [0.2, 0.25) is 0 Å². The molecule has 1 aliphatic rings. The molecular formula is C37H47N3. The maximum atomic E-state index is 5.35. The van der Waals surface area contributed by atoms with Crippen molar-refractivity contribution in [1.82, 2.24) is 4.98 Å². The van der Waals surface area contributed by atoms with Crippen LogP contribution in [0.5, 0.6) is 0 Å². The highest BCUT2D eigenvalue weighted by molar-refractivity contribution is 5.88. The van der Waals surface area contributed by atoms with Gasteiger partial charge in [-0.2, -0.15) is 0 Å². The number of fused-ring (bicyclic) bond motifs is 1. The number of hydrogen-bond donors (Lipinski definition) is 0. The molecule has 5 rings (SSSR count). The van der Waals surface area contributed by atoms with Crippen molar-refractivity contribution in [1.29, 1.82) is 0 Å². The number of hydrogen-bond acceptors (Lipinski definition) is 3. The molecule has 0 N–H and O–H groups in total. The smallest absolute Gasteiger partial charge is 0.159 e. The first-order valence-corrected chi connectivity index (χ1v) is 14.8. The first-order chi connectivity index (χ1) is 19.5. The molecule has 1 aromatic heterocycles. The molecule has 2 unspecified atom stereocenters. The first-order valence-electron chi connectivity index (χ1n) is 14.8. The molecule has 40 heavy (non-hydrogen) atoms. The largest absolute Gasteiger partial charge is 0.317 e. The molecule has 0 radical (unpaired) electrons. The molecule has 0 aliphatic carbocycles. The molecule has 0 bridgehead atoms. The Labute approximate surface area is 243 Å². The van der Waals surface area contributed by atoms with E-state index >= 15 is 0 Å². The lowest BCUT2D eigenvalue weighted by Crippen LogP contribution is -2.37. The van der Waals surface area contributed by atoms with Crippen LogP contribution in [0.3, 0.4) is 0 Å². The summed E-state index contributed by atoms with van der Waals surface area (Å²) in [5, 5.41) is 0. The van der Waals surface area contributed by atoms with Crippen LogP contribution in [0.1, 0.15) is 71.9 Å². The SMILES string of the molecule is C=C.CC.CCCC(C)(CC)c1ccccc1N1c2nc(-c3ccccc3C)ccc2N(c2ccccc2)C1C. The maximum absolute atomic E-state index is 5.35. The van der Waals surface area contributed by atoms with Crippen LogP contribution in [0, 0.1) is 6.92 Å². The molecule has 0 amide bonds. The fourth-order valence-corrected chi connectivity index (χ4v) is 5.82. The lowest BCUT2D eigenvalue weighted by atomic mass is 9.75. The summed E-state index contributed by atoms with van der Waals surface area (Å²) in [6.45, 7) is 21.5. The Kier molecular flexibility index (Phi) is 10.7. The van der Waals surface area contributed by atoms with E-state index in [1.807, 2.05) is 13.8 Å². The third kappa shape index (κ3) is 5.84. The Hall–Kier alpha value is -3.85. The van der Waals surface area contributed by atoms with Crippen molar-refractivity contribution >= 4 is 22.9 Å². The molecule has 0 saturated carbocycles. The van der Waals surface area contributed by atoms with Crippen LogP contribution < -0.4 is 9.80 Å². The van der Waals surface area contributed by atoms with Crippen molar-refractivity contribution in [2.24, 2.45) is 0 Å². The predicted octanol–water partition coefficient (Wildman–Crippen LogP) is 11.0.